The molecule has 0 radical (unpaired) electrons. The van der Waals surface area contributed by atoms with Gasteiger partial charge >= 0.3 is 0 Å². The minimum absolute atomic E-state index is 0.619. The van der Waals surface area contributed by atoms with Crippen LogP contribution in [0.1, 0.15) is 23.8 Å². The van der Waals surface area contributed by atoms with Crippen molar-refractivity contribution in [1.29, 1.82) is 0 Å². The van der Waals surface area contributed by atoms with E-state index in [0.717, 1.165) is 19.3 Å². The molecule has 1 aromatic carbocycles. The number of benzene rings is 1. The molecule has 1 atom stereocenters. The Labute approximate surface area is 107 Å². The van der Waals surface area contributed by atoms with Crippen molar-refractivity contribution in [2.24, 2.45) is 0 Å². The molecule has 17 heavy (non-hydrogen) atoms. The van der Waals surface area contributed by atoms with Crippen molar-refractivity contribution in [2.45, 2.75) is 31.8 Å². The van der Waals surface area contributed by atoms with E-state index < -0.39 is 5.60 Å². The van der Waals surface area contributed by atoms with Crippen LogP contribution in [-0.2, 0) is 12.8 Å². The van der Waals surface area contributed by atoms with Gasteiger partial charge in [0.25, 0.3) is 0 Å². The van der Waals surface area contributed by atoms with Crippen LogP contribution in [0.2, 0.25) is 0 Å². The molecule has 0 amide bonds. The van der Waals surface area contributed by atoms with Gasteiger partial charge in [-0.25, -0.2) is 0 Å². The number of hydrogen-bond donors (Lipinski definition) is 1. The minimum Gasteiger partial charge on any atom is -0.389 e. The van der Waals surface area contributed by atoms with E-state index in [4.69, 9.17) is 0 Å². The third kappa shape index (κ3) is 3.42. The predicted molar refractivity (Wildman–Crippen MR) is 73.4 cm³/mol. The van der Waals surface area contributed by atoms with Crippen molar-refractivity contribution in [3.8, 4) is 0 Å². The quantitative estimate of drug-likeness (QED) is 0.853. The second-order valence-electron chi connectivity index (χ2n) is 4.50. The van der Waals surface area contributed by atoms with Crippen LogP contribution in [0.25, 0.3) is 0 Å². The number of rotatable bonds is 5. The highest BCUT2D eigenvalue weighted by molar-refractivity contribution is 7.09. The van der Waals surface area contributed by atoms with Crippen LogP contribution in [-0.4, -0.2) is 10.7 Å². The fourth-order valence-electron chi connectivity index (χ4n) is 2.03. The fraction of sp³-hybridized carbons (Fsp3) is 0.333. The van der Waals surface area contributed by atoms with Crippen molar-refractivity contribution in [3.05, 3.63) is 58.3 Å². The average molecular weight is 246 g/mol. The Bertz CT molecular complexity index is 435. The Morgan fingerprint density at radius 1 is 1.06 bits per heavy atom. The molecule has 0 saturated heterocycles. The lowest BCUT2D eigenvalue weighted by molar-refractivity contribution is 0.0376. The van der Waals surface area contributed by atoms with Crippen molar-refractivity contribution in [1.82, 2.24) is 0 Å². The van der Waals surface area contributed by atoms with E-state index >= 15 is 0 Å². The monoisotopic (exact) mass is 246 g/mol. The van der Waals surface area contributed by atoms with Gasteiger partial charge in [-0.05, 0) is 23.4 Å². The lowest BCUT2D eigenvalue weighted by Crippen LogP contribution is -2.33. The summed E-state index contributed by atoms with van der Waals surface area (Å²) in [6, 6.07) is 14.3. The molecule has 1 aromatic heterocycles. The van der Waals surface area contributed by atoms with E-state index in [1.807, 2.05) is 24.3 Å². The zero-order valence-corrected chi connectivity index (χ0v) is 10.9. The summed E-state index contributed by atoms with van der Waals surface area (Å²) in [5.41, 5.74) is 0.583. The lowest BCUT2D eigenvalue weighted by Gasteiger charge is -2.26. The van der Waals surface area contributed by atoms with Crippen molar-refractivity contribution < 1.29 is 5.11 Å². The van der Waals surface area contributed by atoms with Gasteiger partial charge in [0.1, 0.15) is 0 Å². The number of hydrogen-bond acceptors (Lipinski definition) is 2. The summed E-state index contributed by atoms with van der Waals surface area (Å²) in [6.45, 7) is 2.05. The van der Waals surface area contributed by atoms with Crippen LogP contribution in [0.3, 0.4) is 0 Å². The van der Waals surface area contributed by atoms with Crippen molar-refractivity contribution in [2.75, 3.05) is 0 Å². The zero-order valence-electron chi connectivity index (χ0n) is 10.1. The highest BCUT2D eigenvalue weighted by atomic mass is 32.1. The third-order valence-electron chi connectivity index (χ3n) is 3.12. The van der Waals surface area contributed by atoms with Crippen LogP contribution in [0.4, 0.5) is 0 Å². The van der Waals surface area contributed by atoms with E-state index in [-0.39, 0.29) is 0 Å². The van der Waals surface area contributed by atoms with Gasteiger partial charge in [0.05, 0.1) is 5.60 Å². The van der Waals surface area contributed by atoms with Gasteiger partial charge < -0.3 is 5.11 Å². The number of aliphatic hydroxyl groups is 1. The van der Waals surface area contributed by atoms with E-state index in [0.29, 0.717) is 0 Å². The summed E-state index contributed by atoms with van der Waals surface area (Å²) in [4.78, 5) is 1.25. The predicted octanol–water partition coefficient (Wildman–Crippen LogP) is 3.67. The first-order chi connectivity index (χ1) is 8.22. The smallest absolute Gasteiger partial charge is 0.0733 e. The molecule has 2 aromatic rings. The van der Waals surface area contributed by atoms with Gasteiger partial charge in [-0.3, -0.25) is 0 Å². The third-order valence-corrected chi connectivity index (χ3v) is 3.99. The molecule has 0 aliphatic carbocycles. The summed E-state index contributed by atoms with van der Waals surface area (Å²) in [6.07, 6.45) is 2.25. The van der Waals surface area contributed by atoms with Crippen LogP contribution < -0.4 is 0 Å². The van der Waals surface area contributed by atoms with Gasteiger partial charge in [-0.1, -0.05) is 43.3 Å². The molecule has 1 N–H and O–H groups in total. The average Bonchev–Trinajstić information content (AvgIpc) is 2.83. The molecule has 0 saturated carbocycles. The van der Waals surface area contributed by atoms with E-state index in [1.165, 1.54) is 10.4 Å². The highest BCUT2D eigenvalue weighted by Crippen LogP contribution is 2.24. The molecule has 0 bridgehead atoms. The maximum Gasteiger partial charge on any atom is 0.0733 e. The second-order valence-corrected chi connectivity index (χ2v) is 5.53. The second kappa shape index (κ2) is 5.48. The Morgan fingerprint density at radius 2 is 1.82 bits per heavy atom. The molecule has 1 unspecified atom stereocenters. The summed E-state index contributed by atoms with van der Waals surface area (Å²) in [5, 5.41) is 12.7. The summed E-state index contributed by atoms with van der Waals surface area (Å²) in [7, 11) is 0. The van der Waals surface area contributed by atoms with Crippen LogP contribution in [0, 0.1) is 0 Å². The van der Waals surface area contributed by atoms with Crippen LogP contribution in [0.15, 0.2) is 47.8 Å². The Morgan fingerprint density at radius 3 is 2.41 bits per heavy atom. The van der Waals surface area contributed by atoms with Crippen LogP contribution in [0.5, 0.6) is 0 Å². The SMILES string of the molecule is CCC(O)(Cc1ccccc1)Cc1cccs1. The maximum absolute atomic E-state index is 10.7. The first-order valence-electron chi connectivity index (χ1n) is 6.00. The van der Waals surface area contributed by atoms with Gasteiger partial charge in [0.2, 0.25) is 0 Å². The molecule has 1 nitrogen and oxygen atoms in total. The first kappa shape index (κ1) is 12.3. The van der Waals surface area contributed by atoms with E-state index in [2.05, 4.69) is 30.5 Å². The van der Waals surface area contributed by atoms with E-state index in [1.54, 1.807) is 11.3 Å². The normalized spacial score (nSPS) is 14.5. The molecule has 0 spiro atoms. The lowest BCUT2D eigenvalue weighted by atomic mass is 9.88. The Hall–Kier alpha value is -1.12. The minimum atomic E-state index is -0.619. The van der Waals surface area contributed by atoms with Crippen molar-refractivity contribution >= 4 is 11.3 Å². The number of thiophene rings is 1. The summed E-state index contributed by atoms with van der Waals surface area (Å²) >= 11 is 1.72. The maximum atomic E-state index is 10.7. The Kier molecular flexibility index (Phi) is 3.97. The van der Waals surface area contributed by atoms with Gasteiger partial charge in [-0.15, -0.1) is 11.3 Å². The van der Waals surface area contributed by atoms with Gasteiger partial charge in [0.15, 0.2) is 0 Å². The highest BCUT2D eigenvalue weighted by Gasteiger charge is 2.25. The molecule has 90 valence electrons. The fourth-order valence-corrected chi connectivity index (χ4v) is 2.87. The molecule has 0 fully saturated rings. The zero-order chi connectivity index (χ0) is 12.1. The van der Waals surface area contributed by atoms with Gasteiger partial charge in [0, 0.05) is 17.7 Å². The van der Waals surface area contributed by atoms with Gasteiger partial charge in [-0.2, -0.15) is 0 Å². The molecule has 2 heteroatoms. The Balaban J connectivity index is 2.09. The largest absolute Gasteiger partial charge is 0.389 e. The molecular weight excluding hydrogens is 228 g/mol. The molecular formula is C15H18OS. The molecule has 0 aliphatic rings. The van der Waals surface area contributed by atoms with E-state index in [9.17, 15) is 5.11 Å². The molecule has 2 rings (SSSR count). The topological polar surface area (TPSA) is 20.2 Å². The summed E-state index contributed by atoms with van der Waals surface area (Å²) < 4.78 is 0. The standard InChI is InChI=1S/C15H18OS/c1-2-15(16,12-14-9-6-10-17-14)11-13-7-4-3-5-8-13/h3-10,16H,2,11-12H2,1H3. The van der Waals surface area contributed by atoms with Crippen molar-refractivity contribution in [3.63, 3.8) is 0 Å². The molecule has 1 heterocycles. The summed E-state index contributed by atoms with van der Waals surface area (Å²) in [5.74, 6) is 0. The molecule has 0 aliphatic heterocycles. The van der Waals surface area contributed by atoms with Crippen LogP contribution >= 0.6 is 11.3 Å². The first-order valence-corrected chi connectivity index (χ1v) is 6.88.